The molecule has 0 spiro atoms. The van der Waals surface area contributed by atoms with E-state index in [2.05, 4.69) is 94.2 Å². The van der Waals surface area contributed by atoms with Gasteiger partial charge < -0.3 is 9.73 Å². The minimum Gasteiger partial charge on any atom is -0.437 e. The highest BCUT2D eigenvalue weighted by Gasteiger charge is 2.26. The van der Waals surface area contributed by atoms with Crippen molar-refractivity contribution in [3.05, 3.63) is 138 Å². The average Bonchev–Trinajstić information content (AvgIpc) is 3.38. The van der Waals surface area contributed by atoms with Gasteiger partial charge in [-0.15, -0.1) is 0 Å². The van der Waals surface area contributed by atoms with Crippen molar-refractivity contribution < 1.29 is 4.42 Å². The lowest BCUT2D eigenvalue weighted by Crippen LogP contribution is -2.16. The van der Waals surface area contributed by atoms with Crippen molar-refractivity contribution in [2.45, 2.75) is 52.5 Å². The zero-order chi connectivity index (χ0) is 27.1. The fourth-order valence-corrected chi connectivity index (χ4v) is 4.62. The monoisotopic (exact) mass is 502 g/mol. The largest absolute Gasteiger partial charge is 0.437 e. The van der Waals surface area contributed by atoms with E-state index >= 15 is 0 Å². The van der Waals surface area contributed by atoms with Crippen molar-refractivity contribution in [2.24, 2.45) is 0 Å². The lowest BCUT2D eigenvalue weighted by Gasteiger charge is -2.25. The van der Waals surface area contributed by atoms with Crippen LogP contribution >= 0.6 is 0 Å². The molecule has 0 saturated heterocycles. The molecule has 0 saturated carbocycles. The zero-order valence-corrected chi connectivity index (χ0v) is 23.1. The van der Waals surface area contributed by atoms with Crippen LogP contribution in [-0.4, -0.2) is 4.98 Å². The molecule has 4 aromatic rings. The molecule has 3 nitrogen and oxygen atoms in total. The fraction of sp³-hybridized carbons (Fsp3) is 0.229. The molecule has 1 atom stereocenters. The first-order valence-electron chi connectivity index (χ1n) is 13.4. The predicted molar refractivity (Wildman–Crippen MR) is 161 cm³/mol. The van der Waals surface area contributed by atoms with Crippen molar-refractivity contribution in [3.8, 4) is 11.3 Å². The summed E-state index contributed by atoms with van der Waals surface area (Å²) in [6.07, 6.45) is 7.91. The third kappa shape index (κ3) is 6.06. The maximum atomic E-state index is 6.60. The number of benzene rings is 3. The van der Waals surface area contributed by atoms with Crippen molar-refractivity contribution in [1.82, 2.24) is 4.98 Å². The molecule has 4 rings (SSSR count). The van der Waals surface area contributed by atoms with Gasteiger partial charge in [-0.25, -0.2) is 4.98 Å². The van der Waals surface area contributed by atoms with E-state index in [-0.39, 0.29) is 6.04 Å². The molecule has 0 aliphatic heterocycles. The van der Waals surface area contributed by atoms with E-state index < -0.39 is 0 Å². The third-order valence-corrected chi connectivity index (χ3v) is 6.63. The van der Waals surface area contributed by atoms with E-state index in [1.165, 1.54) is 11.1 Å². The molecular formula is C35H38N2O. The Hall–Kier alpha value is -4.11. The van der Waals surface area contributed by atoms with Gasteiger partial charge in [-0.05, 0) is 35.4 Å². The first kappa shape index (κ1) is 26.9. The molecule has 0 fully saturated rings. The highest BCUT2D eigenvalue weighted by Crippen LogP contribution is 2.39. The average molecular weight is 503 g/mol. The number of nitrogens with one attached hydrogen (secondary N) is 1. The molecule has 0 aliphatic carbocycles. The van der Waals surface area contributed by atoms with Gasteiger partial charge in [0.15, 0.2) is 5.76 Å². The van der Waals surface area contributed by atoms with Gasteiger partial charge in [0.25, 0.3) is 0 Å². The van der Waals surface area contributed by atoms with Gasteiger partial charge in [0.2, 0.25) is 5.89 Å². The van der Waals surface area contributed by atoms with E-state index in [4.69, 9.17) is 9.40 Å². The Labute approximate surface area is 227 Å². The van der Waals surface area contributed by atoms with E-state index in [1.807, 2.05) is 55.5 Å². The Balaban J connectivity index is 1.89. The number of oxazole rings is 1. The summed E-state index contributed by atoms with van der Waals surface area (Å²) in [6.45, 7) is 15.2. The van der Waals surface area contributed by atoms with Crippen LogP contribution in [0.25, 0.3) is 16.8 Å². The summed E-state index contributed by atoms with van der Waals surface area (Å²) in [5.41, 5.74) is 7.37. The second kappa shape index (κ2) is 12.4. The molecule has 1 unspecified atom stereocenters. The molecule has 38 heavy (non-hydrogen) atoms. The number of aromatic nitrogens is 1. The smallest absolute Gasteiger partial charge is 0.222 e. The van der Waals surface area contributed by atoms with Crippen LogP contribution in [0.3, 0.4) is 0 Å². The van der Waals surface area contributed by atoms with E-state index in [0.29, 0.717) is 23.5 Å². The molecule has 1 heterocycles. The van der Waals surface area contributed by atoms with Crippen LogP contribution in [0.1, 0.15) is 80.8 Å². The maximum Gasteiger partial charge on any atom is 0.222 e. The van der Waals surface area contributed by atoms with Crippen molar-refractivity contribution in [1.29, 1.82) is 0 Å². The number of hydrogen-bond acceptors (Lipinski definition) is 3. The van der Waals surface area contributed by atoms with E-state index in [1.54, 1.807) is 0 Å². The molecule has 3 heteroatoms. The second-order valence-corrected chi connectivity index (χ2v) is 10.1. The van der Waals surface area contributed by atoms with Crippen LogP contribution in [0.15, 0.2) is 114 Å². The van der Waals surface area contributed by atoms with Gasteiger partial charge in [-0.3, -0.25) is 0 Å². The van der Waals surface area contributed by atoms with Gasteiger partial charge in [0.05, 0.1) is 0 Å². The Morgan fingerprint density at radius 2 is 1.42 bits per heavy atom. The van der Waals surface area contributed by atoms with Gasteiger partial charge in [-0.1, -0.05) is 137 Å². The summed E-state index contributed by atoms with van der Waals surface area (Å²) in [6, 6.07) is 26.9. The van der Waals surface area contributed by atoms with Crippen molar-refractivity contribution >= 4 is 11.3 Å². The maximum absolute atomic E-state index is 6.60. The number of para-hydroxylation sites is 1. The first-order valence-corrected chi connectivity index (χ1v) is 13.4. The number of nitrogens with zero attached hydrogens (tertiary/aromatic N) is 1. The van der Waals surface area contributed by atoms with Crippen LogP contribution in [0, 0.1) is 0 Å². The molecule has 3 aromatic carbocycles. The SMILES string of the molecule is C=C(/C=C\C=C/C)c1oc(C(Nc2c(C(C)C)cccc2C(C)C)c2ccccc2)nc1-c1ccccc1. The van der Waals surface area contributed by atoms with Gasteiger partial charge >= 0.3 is 0 Å². The molecule has 194 valence electrons. The van der Waals surface area contributed by atoms with Crippen molar-refractivity contribution in [2.75, 3.05) is 5.32 Å². The van der Waals surface area contributed by atoms with Gasteiger partial charge in [0.1, 0.15) is 11.7 Å². The number of anilines is 1. The number of rotatable bonds is 10. The summed E-state index contributed by atoms with van der Waals surface area (Å²) < 4.78 is 6.60. The van der Waals surface area contributed by atoms with Crippen LogP contribution in [0.2, 0.25) is 0 Å². The number of hydrogen-bond donors (Lipinski definition) is 1. The molecule has 1 aromatic heterocycles. The summed E-state index contributed by atoms with van der Waals surface area (Å²) >= 11 is 0. The highest BCUT2D eigenvalue weighted by molar-refractivity contribution is 5.80. The Bertz CT molecular complexity index is 1380. The molecule has 0 aliphatic rings. The van der Waals surface area contributed by atoms with Crippen LogP contribution in [0.4, 0.5) is 5.69 Å². The summed E-state index contributed by atoms with van der Waals surface area (Å²) in [5, 5.41) is 3.88. The molecule has 0 bridgehead atoms. The third-order valence-electron chi connectivity index (χ3n) is 6.63. The minimum absolute atomic E-state index is 0.280. The Morgan fingerprint density at radius 3 is 2.00 bits per heavy atom. The molecule has 0 radical (unpaired) electrons. The highest BCUT2D eigenvalue weighted by atomic mass is 16.4. The van der Waals surface area contributed by atoms with Gasteiger partial charge in [-0.2, -0.15) is 0 Å². The lowest BCUT2D eigenvalue weighted by molar-refractivity contribution is 0.475. The predicted octanol–water partition coefficient (Wildman–Crippen LogP) is 9.94. The molecular weight excluding hydrogens is 464 g/mol. The summed E-state index contributed by atoms with van der Waals surface area (Å²) in [5.74, 6) is 2.02. The normalized spacial score (nSPS) is 12.6. The van der Waals surface area contributed by atoms with Crippen LogP contribution in [0.5, 0.6) is 0 Å². The first-order chi connectivity index (χ1) is 18.4. The molecule has 0 amide bonds. The van der Waals surface area contributed by atoms with Crippen LogP contribution < -0.4 is 5.32 Å². The van der Waals surface area contributed by atoms with E-state index in [9.17, 15) is 0 Å². The fourth-order valence-electron chi connectivity index (χ4n) is 4.62. The zero-order valence-electron chi connectivity index (χ0n) is 23.1. The molecule has 1 N–H and O–H groups in total. The van der Waals surface area contributed by atoms with Crippen molar-refractivity contribution in [3.63, 3.8) is 0 Å². The minimum atomic E-state index is -0.280. The topological polar surface area (TPSA) is 38.1 Å². The summed E-state index contributed by atoms with van der Waals surface area (Å²) in [4.78, 5) is 5.11. The number of allylic oxidation sites excluding steroid dienone is 5. The Morgan fingerprint density at radius 1 is 0.816 bits per heavy atom. The van der Waals surface area contributed by atoms with Crippen LogP contribution in [-0.2, 0) is 0 Å². The standard InChI is InChI=1S/C35H38N2O/c1-7-8-11-17-26(6)34-31(27-18-12-9-13-19-27)37-35(38-34)32(28-20-14-10-15-21-28)36-33-29(24(2)3)22-16-23-30(33)25(4)5/h7-25,32,36H,6H2,1-5H3/b8-7-,17-11-. The second-order valence-electron chi connectivity index (χ2n) is 10.1. The van der Waals surface area contributed by atoms with E-state index in [0.717, 1.165) is 28.1 Å². The lowest BCUT2D eigenvalue weighted by atomic mass is 9.91. The summed E-state index contributed by atoms with van der Waals surface area (Å²) in [7, 11) is 0. The Kier molecular flexibility index (Phi) is 8.81. The quantitative estimate of drug-likeness (QED) is 0.219. The van der Waals surface area contributed by atoms with Gasteiger partial charge in [0, 0.05) is 16.8 Å².